The zero-order chi connectivity index (χ0) is 15.7. The summed E-state index contributed by atoms with van der Waals surface area (Å²) < 4.78 is 0. The second-order valence-corrected chi connectivity index (χ2v) is 5.47. The van der Waals surface area contributed by atoms with Gasteiger partial charge in [-0.2, -0.15) is 5.26 Å². The van der Waals surface area contributed by atoms with Gasteiger partial charge in [-0.05, 0) is 30.5 Å². The van der Waals surface area contributed by atoms with E-state index in [9.17, 15) is 9.59 Å². The number of nitrogens with one attached hydrogen (secondary N) is 1. The van der Waals surface area contributed by atoms with Crippen LogP contribution < -0.4 is 5.32 Å². The van der Waals surface area contributed by atoms with Gasteiger partial charge in [-0.3, -0.25) is 14.5 Å². The van der Waals surface area contributed by atoms with E-state index in [1.807, 2.05) is 12.1 Å². The van der Waals surface area contributed by atoms with E-state index in [4.69, 9.17) is 10.4 Å². The fourth-order valence-corrected chi connectivity index (χ4v) is 2.53. The lowest BCUT2D eigenvalue weighted by Gasteiger charge is -2.13. The fourth-order valence-electron chi connectivity index (χ4n) is 2.53. The van der Waals surface area contributed by atoms with Crippen LogP contribution in [0.25, 0.3) is 0 Å². The van der Waals surface area contributed by atoms with Crippen LogP contribution in [0.3, 0.4) is 0 Å². The van der Waals surface area contributed by atoms with Crippen molar-refractivity contribution in [2.75, 3.05) is 18.5 Å². The Balaban J connectivity index is 1.72. The normalized spacial score (nSPS) is 18.9. The maximum Gasteiger partial charge on any atom is 0.277 e. The number of aliphatic hydroxyl groups is 1. The highest BCUT2D eigenvalue weighted by atomic mass is 16.3. The van der Waals surface area contributed by atoms with Gasteiger partial charge < -0.3 is 10.4 Å². The Morgan fingerprint density at radius 3 is 2.50 bits per heavy atom. The summed E-state index contributed by atoms with van der Waals surface area (Å²) in [4.78, 5) is 24.7. The highest BCUT2D eigenvalue weighted by Crippen LogP contribution is 2.47. The SMILES string of the molecule is N#CC1(c2ccc(NC3=CC(=O)N(CCO)C3=O)cc2)CC1. The molecule has 112 valence electrons. The van der Waals surface area contributed by atoms with Crippen molar-refractivity contribution in [1.82, 2.24) is 4.90 Å². The van der Waals surface area contributed by atoms with Gasteiger partial charge in [0.25, 0.3) is 11.8 Å². The molecule has 0 atom stereocenters. The van der Waals surface area contributed by atoms with Crippen molar-refractivity contribution in [2.45, 2.75) is 18.3 Å². The number of hydrogen-bond acceptors (Lipinski definition) is 5. The minimum Gasteiger partial charge on any atom is -0.395 e. The van der Waals surface area contributed by atoms with Gasteiger partial charge in [0, 0.05) is 11.8 Å². The first-order valence-corrected chi connectivity index (χ1v) is 7.07. The number of carbonyl (C=O) groups is 2. The van der Waals surface area contributed by atoms with Crippen molar-refractivity contribution in [2.24, 2.45) is 0 Å². The number of anilines is 1. The Labute approximate surface area is 127 Å². The first kappa shape index (κ1) is 14.3. The van der Waals surface area contributed by atoms with Gasteiger partial charge in [-0.25, -0.2) is 0 Å². The maximum atomic E-state index is 12.0. The number of nitriles is 1. The number of benzene rings is 1. The quantitative estimate of drug-likeness (QED) is 0.788. The van der Waals surface area contributed by atoms with Gasteiger partial charge in [-0.15, -0.1) is 0 Å². The van der Waals surface area contributed by atoms with E-state index in [0.717, 1.165) is 23.3 Å². The molecular formula is C16H15N3O3. The van der Waals surface area contributed by atoms with Crippen molar-refractivity contribution in [1.29, 1.82) is 5.26 Å². The molecule has 2 aliphatic rings. The van der Waals surface area contributed by atoms with Crippen LogP contribution in [0.1, 0.15) is 18.4 Å². The summed E-state index contributed by atoms with van der Waals surface area (Å²) >= 11 is 0. The first-order chi connectivity index (χ1) is 10.6. The summed E-state index contributed by atoms with van der Waals surface area (Å²) in [6.45, 7) is -0.271. The standard InChI is InChI=1S/C16H15N3O3/c17-10-16(5-6-16)11-1-3-12(4-2-11)18-13-9-14(21)19(7-8-20)15(13)22/h1-4,9,18,20H,5-8H2. The van der Waals surface area contributed by atoms with Crippen LogP contribution >= 0.6 is 0 Å². The van der Waals surface area contributed by atoms with Gasteiger partial charge in [0.2, 0.25) is 0 Å². The average molecular weight is 297 g/mol. The summed E-state index contributed by atoms with van der Waals surface area (Å²) in [5.41, 5.74) is 1.50. The Morgan fingerprint density at radius 2 is 1.95 bits per heavy atom. The molecule has 22 heavy (non-hydrogen) atoms. The molecule has 3 rings (SSSR count). The zero-order valence-electron chi connectivity index (χ0n) is 11.9. The molecule has 1 aromatic rings. The predicted octanol–water partition coefficient (Wildman–Crippen LogP) is 0.899. The number of rotatable bonds is 5. The molecule has 2 N–H and O–H groups in total. The molecular weight excluding hydrogens is 282 g/mol. The molecule has 0 radical (unpaired) electrons. The smallest absolute Gasteiger partial charge is 0.277 e. The molecule has 1 saturated carbocycles. The van der Waals surface area contributed by atoms with Crippen molar-refractivity contribution < 1.29 is 14.7 Å². The van der Waals surface area contributed by atoms with E-state index in [1.54, 1.807) is 12.1 Å². The predicted molar refractivity (Wildman–Crippen MR) is 78.5 cm³/mol. The van der Waals surface area contributed by atoms with Gasteiger partial charge in [-0.1, -0.05) is 12.1 Å². The number of nitrogens with zero attached hydrogens (tertiary/aromatic N) is 2. The molecule has 2 amide bonds. The Hall–Kier alpha value is -2.65. The Kier molecular flexibility index (Phi) is 3.43. The average Bonchev–Trinajstić information content (AvgIpc) is 3.28. The van der Waals surface area contributed by atoms with E-state index in [1.165, 1.54) is 6.08 Å². The summed E-state index contributed by atoms with van der Waals surface area (Å²) in [5.74, 6) is -0.876. The van der Waals surface area contributed by atoms with Crippen LogP contribution in [-0.4, -0.2) is 35.0 Å². The van der Waals surface area contributed by atoms with Gasteiger partial charge in [0.15, 0.2) is 0 Å². The Morgan fingerprint density at radius 1 is 1.27 bits per heavy atom. The van der Waals surface area contributed by atoms with E-state index >= 15 is 0 Å². The van der Waals surface area contributed by atoms with Crippen LogP contribution in [0, 0.1) is 11.3 Å². The van der Waals surface area contributed by atoms with Crippen molar-refractivity contribution in [3.8, 4) is 6.07 Å². The monoisotopic (exact) mass is 297 g/mol. The van der Waals surface area contributed by atoms with Crippen LogP contribution in [0.2, 0.25) is 0 Å². The molecule has 0 bridgehead atoms. The second kappa shape index (κ2) is 5.28. The summed E-state index contributed by atoms with van der Waals surface area (Å²) in [7, 11) is 0. The van der Waals surface area contributed by atoms with Crippen molar-refractivity contribution in [3.05, 3.63) is 41.6 Å². The molecule has 1 aromatic carbocycles. The molecule has 1 aliphatic heterocycles. The third-order valence-corrected chi connectivity index (χ3v) is 4.01. The number of amides is 2. The molecule has 0 spiro atoms. The number of hydrogen-bond donors (Lipinski definition) is 2. The molecule has 1 heterocycles. The lowest BCUT2D eigenvalue weighted by Crippen LogP contribution is -2.34. The van der Waals surface area contributed by atoms with Crippen LogP contribution in [0.15, 0.2) is 36.0 Å². The van der Waals surface area contributed by atoms with E-state index in [-0.39, 0.29) is 24.3 Å². The van der Waals surface area contributed by atoms with Gasteiger partial charge >= 0.3 is 0 Å². The fraction of sp³-hybridized carbons (Fsp3) is 0.312. The second-order valence-electron chi connectivity index (χ2n) is 5.47. The van der Waals surface area contributed by atoms with E-state index < -0.39 is 11.8 Å². The molecule has 1 aliphatic carbocycles. The lowest BCUT2D eigenvalue weighted by atomic mass is 9.98. The minimum atomic E-state index is -0.446. The molecule has 0 aromatic heterocycles. The largest absolute Gasteiger partial charge is 0.395 e. The number of carbonyl (C=O) groups excluding carboxylic acids is 2. The third kappa shape index (κ3) is 2.36. The van der Waals surface area contributed by atoms with Crippen LogP contribution in [-0.2, 0) is 15.0 Å². The zero-order valence-corrected chi connectivity index (χ0v) is 11.9. The van der Waals surface area contributed by atoms with Crippen LogP contribution in [0.5, 0.6) is 0 Å². The van der Waals surface area contributed by atoms with Crippen molar-refractivity contribution in [3.63, 3.8) is 0 Å². The molecule has 6 nitrogen and oxygen atoms in total. The Bertz CT molecular complexity index is 696. The highest BCUT2D eigenvalue weighted by Gasteiger charge is 2.44. The van der Waals surface area contributed by atoms with Gasteiger partial charge in [0.05, 0.1) is 24.6 Å². The maximum absolute atomic E-state index is 12.0. The van der Waals surface area contributed by atoms with Gasteiger partial charge in [0.1, 0.15) is 5.70 Å². The molecule has 1 fully saturated rings. The summed E-state index contributed by atoms with van der Waals surface area (Å²) in [5, 5.41) is 20.9. The first-order valence-electron chi connectivity index (χ1n) is 7.07. The van der Waals surface area contributed by atoms with Crippen molar-refractivity contribution >= 4 is 17.5 Å². The van der Waals surface area contributed by atoms with E-state index in [0.29, 0.717) is 5.69 Å². The minimum absolute atomic E-state index is 0.0109. The number of aliphatic hydroxyl groups excluding tert-OH is 1. The topological polar surface area (TPSA) is 93.4 Å². The molecule has 0 unspecified atom stereocenters. The highest BCUT2D eigenvalue weighted by molar-refractivity contribution is 6.17. The van der Waals surface area contributed by atoms with Crippen LogP contribution in [0.4, 0.5) is 5.69 Å². The molecule has 0 saturated heterocycles. The lowest BCUT2D eigenvalue weighted by molar-refractivity contribution is -0.137. The summed E-state index contributed by atoms with van der Waals surface area (Å²) in [6.07, 6.45) is 2.98. The number of imide groups is 1. The third-order valence-electron chi connectivity index (χ3n) is 4.01. The number of β-amino-alcohol motifs (C(OH)–C–C–N with tert-alkyl or cyclic N) is 1. The molecule has 6 heteroatoms. The summed E-state index contributed by atoms with van der Waals surface area (Å²) in [6, 6.07) is 9.65. The van der Waals surface area contributed by atoms with E-state index in [2.05, 4.69) is 11.4 Å².